The summed E-state index contributed by atoms with van der Waals surface area (Å²) in [6.07, 6.45) is 4.82. The van der Waals surface area contributed by atoms with Gasteiger partial charge in [-0.3, -0.25) is 0 Å². The highest BCUT2D eigenvalue weighted by molar-refractivity contribution is 7.98. The van der Waals surface area contributed by atoms with Crippen molar-refractivity contribution in [2.24, 2.45) is 11.8 Å². The molecule has 0 saturated heterocycles. The SMILES string of the molecule is C=CC(C)CC(CSC)C(C)(C)F. The second-order valence-electron chi connectivity index (χ2n) is 4.17. The van der Waals surface area contributed by atoms with E-state index in [0.717, 1.165) is 12.2 Å². The molecule has 0 aliphatic rings. The molecule has 2 unspecified atom stereocenters. The van der Waals surface area contributed by atoms with E-state index in [0.29, 0.717) is 5.92 Å². The lowest BCUT2D eigenvalue weighted by molar-refractivity contribution is 0.125. The summed E-state index contributed by atoms with van der Waals surface area (Å²) in [5.74, 6) is 1.43. The van der Waals surface area contributed by atoms with Gasteiger partial charge < -0.3 is 0 Å². The molecule has 0 amide bonds. The predicted octanol–water partition coefficient (Wildman–Crippen LogP) is 3.93. The van der Waals surface area contributed by atoms with E-state index in [1.54, 1.807) is 25.6 Å². The van der Waals surface area contributed by atoms with Gasteiger partial charge in [-0.25, -0.2) is 4.39 Å². The van der Waals surface area contributed by atoms with Crippen molar-refractivity contribution in [1.82, 2.24) is 0 Å². The molecule has 0 aromatic heterocycles. The minimum atomic E-state index is -1.07. The van der Waals surface area contributed by atoms with Gasteiger partial charge in [-0.05, 0) is 38.2 Å². The molecule has 0 bridgehead atoms. The van der Waals surface area contributed by atoms with Crippen LogP contribution in [0.4, 0.5) is 4.39 Å². The molecule has 0 N–H and O–H groups in total. The molecule has 13 heavy (non-hydrogen) atoms. The van der Waals surface area contributed by atoms with Gasteiger partial charge in [0.1, 0.15) is 5.67 Å². The maximum atomic E-state index is 13.7. The van der Waals surface area contributed by atoms with E-state index in [1.807, 2.05) is 12.3 Å². The molecular weight excluding hydrogens is 183 g/mol. The van der Waals surface area contributed by atoms with Gasteiger partial charge in [0, 0.05) is 5.92 Å². The fourth-order valence-corrected chi connectivity index (χ4v) is 2.23. The first-order chi connectivity index (χ1) is 5.91. The van der Waals surface area contributed by atoms with Gasteiger partial charge in [0.25, 0.3) is 0 Å². The molecule has 2 heteroatoms. The lowest BCUT2D eigenvalue weighted by Crippen LogP contribution is -2.29. The highest BCUT2D eigenvalue weighted by Crippen LogP contribution is 2.30. The molecule has 0 fully saturated rings. The van der Waals surface area contributed by atoms with Crippen molar-refractivity contribution >= 4 is 11.8 Å². The number of allylic oxidation sites excluding steroid dienone is 1. The maximum absolute atomic E-state index is 13.7. The zero-order valence-corrected chi connectivity index (χ0v) is 9.96. The summed E-state index contributed by atoms with van der Waals surface area (Å²) < 4.78 is 13.7. The Bertz CT molecular complexity index is 149. The third kappa shape index (κ3) is 5.35. The number of halogens is 1. The van der Waals surface area contributed by atoms with Gasteiger partial charge in [0.2, 0.25) is 0 Å². The first kappa shape index (κ1) is 13.0. The Morgan fingerprint density at radius 3 is 2.38 bits per heavy atom. The summed E-state index contributed by atoms with van der Waals surface area (Å²) in [5.41, 5.74) is -1.07. The summed E-state index contributed by atoms with van der Waals surface area (Å²) >= 11 is 1.71. The van der Waals surface area contributed by atoms with Crippen LogP contribution in [0, 0.1) is 11.8 Å². The fourth-order valence-electron chi connectivity index (χ4n) is 1.29. The van der Waals surface area contributed by atoms with Gasteiger partial charge in [0.15, 0.2) is 0 Å². The third-order valence-electron chi connectivity index (χ3n) is 2.40. The van der Waals surface area contributed by atoms with Crippen LogP contribution in [0.15, 0.2) is 12.7 Å². The summed E-state index contributed by atoms with van der Waals surface area (Å²) in [7, 11) is 0. The molecule has 0 saturated carbocycles. The fraction of sp³-hybridized carbons (Fsp3) is 0.818. The summed E-state index contributed by atoms with van der Waals surface area (Å²) in [6.45, 7) is 9.16. The molecule has 0 rings (SSSR count). The van der Waals surface area contributed by atoms with Crippen molar-refractivity contribution in [3.63, 3.8) is 0 Å². The molecule has 0 aliphatic carbocycles. The molecular formula is C11H21FS. The van der Waals surface area contributed by atoms with Crippen molar-refractivity contribution in [3.8, 4) is 0 Å². The van der Waals surface area contributed by atoms with Gasteiger partial charge in [-0.15, -0.1) is 6.58 Å². The molecule has 0 radical (unpaired) electrons. The minimum Gasteiger partial charge on any atom is -0.244 e. The second-order valence-corrected chi connectivity index (χ2v) is 5.08. The molecule has 0 aromatic carbocycles. The third-order valence-corrected chi connectivity index (χ3v) is 3.13. The minimum absolute atomic E-state index is 0.135. The average Bonchev–Trinajstić information content (AvgIpc) is 2.01. The van der Waals surface area contributed by atoms with Gasteiger partial charge in [0.05, 0.1) is 0 Å². The van der Waals surface area contributed by atoms with Gasteiger partial charge in [-0.1, -0.05) is 13.0 Å². The van der Waals surface area contributed by atoms with E-state index >= 15 is 0 Å². The van der Waals surface area contributed by atoms with E-state index in [-0.39, 0.29) is 5.92 Å². The van der Waals surface area contributed by atoms with E-state index in [4.69, 9.17) is 0 Å². The highest BCUT2D eigenvalue weighted by Gasteiger charge is 2.29. The Labute approximate surface area is 86.0 Å². The van der Waals surface area contributed by atoms with Crippen molar-refractivity contribution < 1.29 is 4.39 Å². The van der Waals surface area contributed by atoms with Gasteiger partial charge in [-0.2, -0.15) is 11.8 Å². The Morgan fingerprint density at radius 2 is 2.08 bits per heavy atom. The van der Waals surface area contributed by atoms with Crippen molar-refractivity contribution in [1.29, 1.82) is 0 Å². The first-order valence-corrected chi connectivity index (χ1v) is 6.11. The van der Waals surface area contributed by atoms with Crippen LogP contribution in [-0.4, -0.2) is 17.7 Å². The Morgan fingerprint density at radius 1 is 1.54 bits per heavy atom. The molecule has 0 nitrogen and oxygen atoms in total. The number of alkyl halides is 1. The highest BCUT2D eigenvalue weighted by atomic mass is 32.2. The Hall–Kier alpha value is 0.0200. The summed E-state index contributed by atoms with van der Waals surface area (Å²) in [4.78, 5) is 0. The van der Waals surface area contributed by atoms with Crippen LogP contribution in [0.2, 0.25) is 0 Å². The number of thioether (sulfide) groups is 1. The van der Waals surface area contributed by atoms with Crippen LogP contribution < -0.4 is 0 Å². The van der Waals surface area contributed by atoms with Crippen molar-refractivity contribution in [3.05, 3.63) is 12.7 Å². The van der Waals surface area contributed by atoms with Crippen LogP contribution in [0.1, 0.15) is 27.2 Å². The van der Waals surface area contributed by atoms with E-state index < -0.39 is 5.67 Å². The summed E-state index contributed by atoms with van der Waals surface area (Å²) in [5, 5.41) is 0. The first-order valence-electron chi connectivity index (χ1n) is 4.72. The Kier molecular flexibility index (Phi) is 5.70. The number of hydrogen-bond acceptors (Lipinski definition) is 1. The van der Waals surface area contributed by atoms with E-state index in [2.05, 4.69) is 13.5 Å². The largest absolute Gasteiger partial charge is 0.244 e. The van der Waals surface area contributed by atoms with E-state index in [9.17, 15) is 4.39 Å². The zero-order chi connectivity index (χ0) is 10.5. The molecule has 0 aliphatic heterocycles. The average molecular weight is 204 g/mol. The monoisotopic (exact) mass is 204 g/mol. The molecule has 0 spiro atoms. The lowest BCUT2D eigenvalue weighted by atomic mass is 9.86. The van der Waals surface area contributed by atoms with Crippen LogP contribution in [0.3, 0.4) is 0 Å². The molecule has 2 atom stereocenters. The van der Waals surface area contributed by atoms with Crippen molar-refractivity contribution in [2.45, 2.75) is 32.9 Å². The van der Waals surface area contributed by atoms with Crippen LogP contribution in [0.25, 0.3) is 0 Å². The molecule has 78 valence electrons. The van der Waals surface area contributed by atoms with E-state index in [1.165, 1.54) is 0 Å². The van der Waals surface area contributed by atoms with Crippen LogP contribution >= 0.6 is 11.8 Å². The quantitative estimate of drug-likeness (QED) is 0.591. The van der Waals surface area contributed by atoms with Gasteiger partial charge >= 0.3 is 0 Å². The standard InChI is InChI=1S/C11H21FS/c1-6-9(2)7-10(8-13-5)11(3,4)12/h6,9-10H,1,7-8H2,2-5H3. The molecule has 0 aromatic rings. The maximum Gasteiger partial charge on any atom is 0.109 e. The second kappa shape index (κ2) is 5.69. The number of rotatable bonds is 6. The predicted molar refractivity (Wildman–Crippen MR) is 61.0 cm³/mol. The smallest absolute Gasteiger partial charge is 0.109 e. The van der Waals surface area contributed by atoms with Crippen molar-refractivity contribution in [2.75, 3.05) is 12.0 Å². The van der Waals surface area contributed by atoms with Crippen LogP contribution in [0.5, 0.6) is 0 Å². The summed E-state index contributed by atoms with van der Waals surface area (Å²) in [6, 6.07) is 0. The Balaban J connectivity index is 4.17. The topological polar surface area (TPSA) is 0 Å². The normalized spacial score (nSPS) is 16.7. The molecule has 0 heterocycles. The van der Waals surface area contributed by atoms with Crippen LogP contribution in [-0.2, 0) is 0 Å². The lowest BCUT2D eigenvalue weighted by Gasteiger charge is -2.28. The zero-order valence-electron chi connectivity index (χ0n) is 9.14. The number of hydrogen-bond donors (Lipinski definition) is 0.